The first-order valence-electron chi connectivity index (χ1n) is 11.6. The lowest BCUT2D eigenvalue weighted by Crippen LogP contribution is -2.52. The molecule has 1 heterocycles. The highest BCUT2D eigenvalue weighted by atomic mass is 16.6. The van der Waals surface area contributed by atoms with Gasteiger partial charge >= 0.3 is 12.1 Å². The second-order valence-electron chi connectivity index (χ2n) is 9.19. The molecule has 0 bridgehead atoms. The number of rotatable bonds is 8. The Hall–Kier alpha value is -3.39. The van der Waals surface area contributed by atoms with Crippen LogP contribution < -0.4 is 10.6 Å². The van der Waals surface area contributed by atoms with Crippen LogP contribution in [0.5, 0.6) is 0 Å². The van der Waals surface area contributed by atoms with E-state index >= 15 is 0 Å². The Morgan fingerprint density at radius 2 is 1.68 bits per heavy atom. The predicted octanol–water partition coefficient (Wildman–Crippen LogP) is 3.30. The van der Waals surface area contributed by atoms with E-state index < -0.39 is 36.2 Å². The lowest BCUT2D eigenvalue weighted by molar-refractivity contribution is -0.144. The maximum Gasteiger partial charge on any atom is 0.407 e. The van der Waals surface area contributed by atoms with E-state index in [0.717, 1.165) is 22.3 Å². The minimum Gasteiger partial charge on any atom is -0.480 e. The molecule has 180 valence electrons. The standard InChI is InChI=1S/C26H30N2O6/c1-15(2)13-22(25(30)31)27-24(29)23-21(11-12-33-23)28-26(32)34-14-20-18-9-5-3-7-16(18)17-8-4-6-10-19(17)20/h3-10,15,20-23H,11-14H2,1-2H3,(H,27,29)(H,28,32)(H,30,31)/t21?,22-,23?/m0/s1. The molecule has 0 radical (unpaired) electrons. The summed E-state index contributed by atoms with van der Waals surface area (Å²) in [7, 11) is 0. The molecule has 0 spiro atoms. The number of carboxylic acid groups (broad SMARTS) is 1. The van der Waals surface area contributed by atoms with E-state index in [-0.39, 0.29) is 25.0 Å². The van der Waals surface area contributed by atoms with Crippen molar-refractivity contribution >= 4 is 18.0 Å². The van der Waals surface area contributed by atoms with E-state index in [1.807, 2.05) is 50.2 Å². The molecule has 3 atom stereocenters. The third-order valence-electron chi connectivity index (χ3n) is 6.32. The number of aliphatic carboxylic acids is 1. The molecule has 1 aliphatic carbocycles. The molecule has 4 rings (SSSR count). The highest BCUT2D eigenvalue weighted by molar-refractivity contribution is 5.87. The van der Waals surface area contributed by atoms with Gasteiger partial charge in [-0.3, -0.25) is 4.79 Å². The molecule has 1 fully saturated rings. The second kappa shape index (κ2) is 10.3. The first-order valence-corrected chi connectivity index (χ1v) is 11.6. The lowest BCUT2D eigenvalue weighted by Gasteiger charge is -2.23. The van der Waals surface area contributed by atoms with Gasteiger partial charge in [0.05, 0.1) is 6.04 Å². The number of fused-ring (bicyclic) bond motifs is 3. The summed E-state index contributed by atoms with van der Waals surface area (Å²) in [6.45, 7) is 4.22. The molecule has 2 amide bonds. The Kier molecular flexibility index (Phi) is 7.17. The molecule has 2 aromatic carbocycles. The van der Waals surface area contributed by atoms with E-state index in [9.17, 15) is 19.5 Å². The summed E-state index contributed by atoms with van der Waals surface area (Å²) >= 11 is 0. The number of alkyl carbamates (subject to hydrolysis) is 1. The third-order valence-corrected chi connectivity index (χ3v) is 6.32. The van der Waals surface area contributed by atoms with Crippen LogP contribution in [0.25, 0.3) is 11.1 Å². The molecule has 2 aliphatic rings. The van der Waals surface area contributed by atoms with Gasteiger partial charge in [0.2, 0.25) is 0 Å². The van der Waals surface area contributed by atoms with Crippen molar-refractivity contribution in [2.45, 2.75) is 50.8 Å². The molecule has 2 aromatic rings. The van der Waals surface area contributed by atoms with Crippen LogP contribution in [-0.4, -0.2) is 54.5 Å². The Balaban J connectivity index is 1.36. The fraction of sp³-hybridized carbons (Fsp3) is 0.423. The van der Waals surface area contributed by atoms with Crippen molar-refractivity contribution in [3.63, 3.8) is 0 Å². The topological polar surface area (TPSA) is 114 Å². The van der Waals surface area contributed by atoms with Gasteiger partial charge in [-0.1, -0.05) is 62.4 Å². The number of carbonyl (C=O) groups is 3. The van der Waals surface area contributed by atoms with E-state index in [1.54, 1.807) is 0 Å². The van der Waals surface area contributed by atoms with Gasteiger partial charge in [0.15, 0.2) is 6.10 Å². The number of benzene rings is 2. The van der Waals surface area contributed by atoms with Gasteiger partial charge < -0.3 is 25.2 Å². The van der Waals surface area contributed by atoms with Crippen LogP contribution in [0.2, 0.25) is 0 Å². The number of carbonyl (C=O) groups excluding carboxylic acids is 2. The number of hydrogen-bond donors (Lipinski definition) is 3. The van der Waals surface area contributed by atoms with Crippen LogP contribution in [-0.2, 0) is 19.1 Å². The van der Waals surface area contributed by atoms with Gasteiger partial charge in [-0.2, -0.15) is 0 Å². The van der Waals surface area contributed by atoms with Gasteiger partial charge in [-0.25, -0.2) is 9.59 Å². The minimum atomic E-state index is -1.10. The molecule has 1 aliphatic heterocycles. The number of carboxylic acids is 1. The van der Waals surface area contributed by atoms with Crippen LogP contribution in [0, 0.1) is 5.92 Å². The van der Waals surface area contributed by atoms with Crippen LogP contribution in [0.4, 0.5) is 4.79 Å². The highest BCUT2D eigenvalue weighted by Gasteiger charge is 2.38. The predicted molar refractivity (Wildman–Crippen MR) is 125 cm³/mol. The van der Waals surface area contributed by atoms with E-state index in [0.29, 0.717) is 12.8 Å². The first kappa shape index (κ1) is 23.8. The summed E-state index contributed by atoms with van der Waals surface area (Å²) in [4.78, 5) is 36.8. The quantitative estimate of drug-likeness (QED) is 0.550. The average Bonchev–Trinajstić information content (AvgIpc) is 3.39. The molecular weight excluding hydrogens is 436 g/mol. The summed E-state index contributed by atoms with van der Waals surface area (Å²) in [5.74, 6) is -1.61. The molecule has 0 saturated carbocycles. The first-order chi connectivity index (χ1) is 16.3. The smallest absolute Gasteiger partial charge is 0.407 e. The monoisotopic (exact) mass is 466 g/mol. The van der Waals surface area contributed by atoms with E-state index in [4.69, 9.17) is 9.47 Å². The normalized spacial score (nSPS) is 19.9. The molecule has 1 saturated heterocycles. The van der Waals surface area contributed by atoms with E-state index in [2.05, 4.69) is 22.8 Å². The second-order valence-corrected chi connectivity index (χ2v) is 9.19. The number of amides is 2. The van der Waals surface area contributed by atoms with Crippen molar-refractivity contribution in [1.82, 2.24) is 10.6 Å². The van der Waals surface area contributed by atoms with Gasteiger partial charge in [-0.05, 0) is 41.0 Å². The van der Waals surface area contributed by atoms with Crippen LogP contribution in [0.15, 0.2) is 48.5 Å². The molecule has 8 heteroatoms. The zero-order valence-electron chi connectivity index (χ0n) is 19.3. The van der Waals surface area contributed by atoms with Crippen molar-refractivity contribution < 1.29 is 29.0 Å². The van der Waals surface area contributed by atoms with Gasteiger partial charge in [0, 0.05) is 12.5 Å². The summed E-state index contributed by atoms with van der Waals surface area (Å²) in [6, 6.07) is 14.6. The van der Waals surface area contributed by atoms with Crippen LogP contribution in [0.1, 0.15) is 43.7 Å². The minimum absolute atomic E-state index is 0.0653. The fourth-order valence-electron chi connectivity index (χ4n) is 4.73. The summed E-state index contributed by atoms with van der Waals surface area (Å²) < 4.78 is 11.1. The SMILES string of the molecule is CC(C)C[C@H](NC(=O)C1OCCC1NC(=O)OCC1c2ccccc2-c2ccccc21)C(=O)O. The summed E-state index contributed by atoms with van der Waals surface area (Å²) in [5, 5.41) is 14.7. The molecule has 2 unspecified atom stereocenters. The Morgan fingerprint density at radius 1 is 1.06 bits per heavy atom. The van der Waals surface area contributed by atoms with Gasteiger partial charge in [0.25, 0.3) is 5.91 Å². The van der Waals surface area contributed by atoms with E-state index in [1.165, 1.54) is 0 Å². The van der Waals surface area contributed by atoms with Gasteiger partial charge in [0.1, 0.15) is 12.6 Å². The van der Waals surface area contributed by atoms with Crippen LogP contribution >= 0.6 is 0 Å². The van der Waals surface area contributed by atoms with Crippen LogP contribution in [0.3, 0.4) is 0 Å². The number of ether oxygens (including phenoxy) is 2. The van der Waals surface area contributed by atoms with Gasteiger partial charge in [-0.15, -0.1) is 0 Å². The molecule has 34 heavy (non-hydrogen) atoms. The lowest BCUT2D eigenvalue weighted by atomic mass is 9.98. The molecule has 3 N–H and O–H groups in total. The summed E-state index contributed by atoms with van der Waals surface area (Å²) in [6.07, 6.45) is -0.857. The van der Waals surface area contributed by atoms with Crippen molar-refractivity contribution in [2.75, 3.05) is 13.2 Å². The Morgan fingerprint density at radius 3 is 2.26 bits per heavy atom. The summed E-state index contributed by atoms with van der Waals surface area (Å²) in [5.41, 5.74) is 4.51. The fourth-order valence-corrected chi connectivity index (χ4v) is 4.73. The van der Waals surface area contributed by atoms with Crippen molar-refractivity contribution in [2.24, 2.45) is 5.92 Å². The number of nitrogens with one attached hydrogen (secondary N) is 2. The molecular formula is C26H30N2O6. The highest BCUT2D eigenvalue weighted by Crippen LogP contribution is 2.44. The Labute approximate surface area is 198 Å². The number of hydrogen-bond acceptors (Lipinski definition) is 5. The maximum absolute atomic E-state index is 12.7. The Bertz CT molecular complexity index is 1020. The average molecular weight is 467 g/mol. The third kappa shape index (κ3) is 5.07. The zero-order chi connectivity index (χ0) is 24.2. The molecule has 8 nitrogen and oxygen atoms in total. The molecule has 0 aromatic heterocycles. The van der Waals surface area contributed by atoms with Crippen molar-refractivity contribution in [1.29, 1.82) is 0 Å². The maximum atomic E-state index is 12.7. The van der Waals surface area contributed by atoms with Crippen molar-refractivity contribution in [3.05, 3.63) is 59.7 Å². The largest absolute Gasteiger partial charge is 0.480 e. The zero-order valence-corrected chi connectivity index (χ0v) is 19.3. The van der Waals surface area contributed by atoms with Crippen molar-refractivity contribution in [3.8, 4) is 11.1 Å².